The highest BCUT2D eigenvalue weighted by molar-refractivity contribution is 8.21. The number of hydrogen-bond acceptors (Lipinski definition) is 3. The Morgan fingerprint density at radius 1 is 1.00 bits per heavy atom. The first-order chi connectivity index (χ1) is 12.1. The van der Waals surface area contributed by atoms with Gasteiger partial charge in [0.25, 0.3) is 0 Å². The van der Waals surface area contributed by atoms with E-state index in [9.17, 15) is 0 Å². The molecule has 0 radical (unpaired) electrons. The van der Waals surface area contributed by atoms with Crippen LogP contribution in [-0.4, -0.2) is 19.1 Å². The van der Waals surface area contributed by atoms with Gasteiger partial charge in [-0.15, -0.1) is 23.5 Å². The second-order valence-electron chi connectivity index (χ2n) is 5.18. The van der Waals surface area contributed by atoms with Gasteiger partial charge in [0.05, 0.1) is 15.7 Å². The highest BCUT2D eigenvalue weighted by Crippen LogP contribution is 2.40. The minimum absolute atomic E-state index is 0.644. The van der Waals surface area contributed by atoms with E-state index in [4.69, 9.17) is 23.2 Å². The first kappa shape index (κ1) is 20.3. The molecule has 0 atom stereocenters. The average Bonchev–Trinajstić information content (AvgIpc) is 2.62. The third kappa shape index (κ3) is 5.24. The van der Waals surface area contributed by atoms with E-state index in [2.05, 4.69) is 47.8 Å². The smallest absolute Gasteiger partial charge is 0.0792 e. The van der Waals surface area contributed by atoms with Crippen molar-refractivity contribution in [2.45, 2.75) is 6.92 Å². The second kappa shape index (κ2) is 10.2. The van der Waals surface area contributed by atoms with Crippen molar-refractivity contribution in [1.82, 2.24) is 0 Å². The van der Waals surface area contributed by atoms with Crippen molar-refractivity contribution in [3.63, 3.8) is 0 Å². The van der Waals surface area contributed by atoms with Gasteiger partial charge in [-0.1, -0.05) is 59.6 Å². The van der Waals surface area contributed by atoms with Gasteiger partial charge in [0.15, 0.2) is 0 Å². The van der Waals surface area contributed by atoms with Gasteiger partial charge in [-0.2, -0.15) is 0 Å². The van der Waals surface area contributed by atoms with E-state index in [1.54, 1.807) is 23.5 Å². The maximum atomic E-state index is 6.49. The largest absolute Gasteiger partial charge is 0.335 e. The molecule has 0 bridgehead atoms. The molecule has 0 aliphatic heterocycles. The number of rotatable bonds is 7. The molecule has 0 amide bonds. The molecule has 132 valence electrons. The summed E-state index contributed by atoms with van der Waals surface area (Å²) in [5, 5.41) is 1.29. The molecule has 2 rings (SSSR count). The Labute approximate surface area is 169 Å². The Morgan fingerprint density at radius 2 is 1.64 bits per heavy atom. The molecule has 0 N–H and O–H groups in total. The fourth-order valence-corrected chi connectivity index (χ4v) is 4.21. The third-order valence-electron chi connectivity index (χ3n) is 3.63. The molecule has 25 heavy (non-hydrogen) atoms. The van der Waals surface area contributed by atoms with E-state index in [0.29, 0.717) is 16.6 Å². The molecule has 0 heterocycles. The van der Waals surface area contributed by atoms with E-state index in [1.165, 1.54) is 4.24 Å². The van der Waals surface area contributed by atoms with E-state index in [1.807, 2.05) is 37.3 Å². The lowest BCUT2D eigenvalue weighted by Gasteiger charge is -2.27. The van der Waals surface area contributed by atoms with Gasteiger partial charge in [0.1, 0.15) is 0 Å². The van der Waals surface area contributed by atoms with Crippen molar-refractivity contribution >= 4 is 64.2 Å². The van der Waals surface area contributed by atoms with E-state index in [0.717, 1.165) is 16.9 Å². The molecule has 0 saturated heterocycles. The quantitative estimate of drug-likeness (QED) is 0.430. The summed E-state index contributed by atoms with van der Waals surface area (Å²) in [5.74, 6) is 0. The van der Waals surface area contributed by atoms with Crippen LogP contribution in [-0.2, 0) is 0 Å². The molecule has 0 saturated carbocycles. The lowest BCUT2D eigenvalue weighted by Crippen LogP contribution is -2.18. The zero-order valence-electron chi connectivity index (χ0n) is 14.5. The molecular formula is C20H21Cl2NS2. The number of hydrogen-bond donors (Lipinski definition) is 0. The predicted octanol–water partition coefficient (Wildman–Crippen LogP) is 7.73. The van der Waals surface area contributed by atoms with Crippen LogP contribution in [0.3, 0.4) is 0 Å². The average molecular weight is 410 g/mol. The molecule has 1 nitrogen and oxygen atoms in total. The van der Waals surface area contributed by atoms with Crippen molar-refractivity contribution in [2.24, 2.45) is 0 Å². The Kier molecular flexibility index (Phi) is 8.31. The molecule has 2 aromatic carbocycles. The molecule has 0 unspecified atom stereocenters. The summed E-state index contributed by atoms with van der Waals surface area (Å²) >= 11 is 16.5. The van der Waals surface area contributed by atoms with Crippen LogP contribution in [0.1, 0.15) is 12.5 Å². The van der Waals surface area contributed by atoms with E-state index in [-0.39, 0.29) is 0 Å². The van der Waals surface area contributed by atoms with Crippen LogP contribution in [0.5, 0.6) is 0 Å². The van der Waals surface area contributed by atoms with Gasteiger partial charge >= 0.3 is 0 Å². The van der Waals surface area contributed by atoms with Crippen molar-refractivity contribution in [2.75, 3.05) is 24.0 Å². The van der Waals surface area contributed by atoms with E-state index < -0.39 is 0 Å². The third-order valence-corrected chi connectivity index (χ3v) is 6.28. The Hall–Kier alpha value is -1.00. The summed E-state index contributed by atoms with van der Waals surface area (Å²) in [7, 11) is 0. The topological polar surface area (TPSA) is 3.24 Å². The van der Waals surface area contributed by atoms with Crippen molar-refractivity contribution in [3.05, 3.63) is 74.5 Å². The zero-order valence-corrected chi connectivity index (χ0v) is 17.6. The summed E-state index contributed by atoms with van der Waals surface area (Å²) in [4.78, 5) is 2.16. The summed E-state index contributed by atoms with van der Waals surface area (Å²) in [6.07, 6.45) is 10.5. The van der Waals surface area contributed by atoms with Crippen LogP contribution >= 0.6 is 46.7 Å². The summed E-state index contributed by atoms with van der Waals surface area (Å²) in [6.45, 7) is 2.70. The summed E-state index contributed by atoms with van der Waals surface area (Å²) < 4.78 is 1.25. The maximum Gasteiger partial charge on any atom is 0.0792 e. The molecular weight excluding hydrogens is 389 g/mol. The van der Waals surface area contributed by atoms with Crippen molar-refractivity contribution < 1.29 is 0 Å². The molecule has 0 aromatic heterocycles. The number of thioether (sulfide) groups is 2. The number of anilines is 2. The number of nitrogens with zero attached hydrogens (tertiary/aromatic N) is 1. The Bertz CT molecular complexity index is 746. The van der Waals surface area contributed by atoms with Gasteiger partial charge in [-0.05, 0) is 49.3 Å². The Balaban J connectivity index is 2.62. The lowest BCUT2D eigenvalue weighted by atomic mass is 10.1. The van der Waals surface area contributed by atoms with Crippen LogP contribution in [0.25, 0.3) is 6.08 Å². The first-order valence-corrected chi connectivity index (χ1v) is 11.0. The van der Waals surface area contributed by atoms with Gasteiger partial charge in [-0.3, -0.25) is 0 Å². The molecule has 0 fully saturated rings. The normalized spacial score (nSPS) is 10.9. The number of allylic oxidation sites excluding steroid dienone is 1. The minimum Gasteiger partial charge on any atom is -0.335 e. The lowest BCUT2D eigenvalue weighted by molar-refractivity contribution is 1.09. The summed E-state index contributed by atoms with van der Waals surface area (Å²) in [5.41, 5.74) is 3.05. The highest BCUT2D eigenvalue weighted by Gasteiger charge is 2.17. The molecule has 0 aliphatic carbocycles. The van der Waals surface area contributed by atoms with E-state index >= 15 is 0 Å². The fourth-order valence-electron chi connectivity index (χ4n) is 2.45. The minimum atomic E-state index is 0.644. The predicted molar refractivity (Wildman–Crippen MR) is 120 cm³/mol. The molecule has 2 aromatic rings. The molecule has 5 heteroatoms. The summed E-state index contributed by atoms with van der Waals surface area (Å²) in [6, 6.07) is 13.9. The number of benzene rings is 2. The van der Waals surface area contributed by atoms with Gasteiger partial charge in [0.2, 0.25) is 0 Å². The van der Waals surface area contributed by atoms with Crippen LogP contribution in [0.15, 0.2) is 58.9 Å². The van der Waals surface area contributed by atoms with Crippen LogP contribution in [0, 0.1) is 0 Å². The van der Waals surface area contributed by atoms with Crippen molar-refractivity contribution in [1.29, 1.82) is 0 Å². The zero-order chi connectivity index (χ0) is 18.2. The first-order valence-electron chi connectivity index (χ1n) is 7.83. The van der Waals surface area contributed by atoms with Gasteiger partial charge < -0.3 is 4.90 Å². The standard InChI is InChI=1S/C20H21Cl2NS2/c1-4-5-13-23(20-16(21)10-8-11-17(20)22)18-12-7-6-9-15(18)14-19(24-2)25-3/h4-12,14H,13H2,1-3H3/b5-4+. The van der Waals surface area contributed by atoms with Gasteiger partial charge in [0, 0.05) is 16.5 Å². The maximum absolute atomic E-state index is 6.49. The fraction of sp³-hybridized carbons (Fsp3) is 0.200. The highest BCUT2D eigenvalue weighted by atomic mass is 35.5. The number of para-hydroxylation sites is 2. The van der Waals surface area contributed by atoms with Gasteiger partial charge in [-0.25, -0.2) is 0 Å². The van der Waals surface area contributed by atoms with Crippen LogP contribution in [0.2, 0.25) is 10.0 Å². The number of halogens is 2. The second-order valence-corrected chi connectivity index (χ2v) is 7.95. The van der Waals surface area contributed by atoms with Crippen LogP contribution < -0.4 is 4.90 Å². The SMILES string of the molecule is C/C=C/CN(c1ccccc1C=C(SC)SC)c1c(Cl)cccc1Cl. The monoisotopic (exact) mass is 409 g/mol. The van der Waals surface area contributed by atoms with Crippen LogP contribution in [0.4, 0.5) is 11.4 Å². The Morgan fingerprint density at radius 3 is 2.24 bits per heavy atom. The molecule has 0 aliphatic rings. The molecule has 0 spiro atoms. The van der Waals surface area contributed by atoms with Crippen molar-refractivity contribution in [3.8, 4) is 0 Å².